The summed E-state index contributed by atoms with van der Waals surface area (Å²) in [5.74, 6) is 1.17. The summed E-state index contributed by atoms with van der Waals surface area (Å²) in [7, 11) is 2.10. The van der Waals surface area contributed by atoms with Crippen LogP contribution in [0.4, 0.5) is 0 Å². The summed E-state index contributed by atoms with van der Waals surface area (Å²) in [4.78, 5) is 16.8. The van der Waals surface area contributed by atoms with Gasteiger partial charge in [-0.25, -0.2) is 0 Å². The Labute approximate surface area is 104 Å². The van der Waals surface area contributed by atoms with E-state index < -0.39 is 0 Å². The number of carbonyl (C=O) groups is 1. The first-order valence-electron chi connectivity index (χ1n) is 6.82. The maximum Gasteiger partial charge on any atom is 0.226 e. The van der Waals surface area contributed by atoms with E-state index in [0.29, 0.717) is 18.4 Å². The van der Waals surface area contributed by atoms with E-state index in [2.05, 4.69) is 18.9 Å². The average Bonchev–Trinajstić information content (AvgIpc) is 2.74. The van der Waals surface area contributed by atoms with E-state index in [1.807, 2.05) is 4.90 Å². The molecule has 1 amide bonds. The van der Waals surface area contributed by atoms with Gasteiger partial charge in [-0.3, -0.25) is 4.79 Å². The van der Waals surface area contributed by atoms with Crippen LogP contribution >= 0.6 is 0 Å². The molecule has 1 aliphatic carbocycles. The van der Waals surface area contributed by atoms with E-state index in [9.17, 15) is 4.79 Å². The quantitative estimate of drug-likeness (QED) is 0.764. The molecular weight excluding hydrogens is 214 g/mol. The molecule has 0 radical (unpaired) electrons. The van der Waals surface area contributed by atoms with Gasteiger partial charge in [-0.1, -0.05) is 13.3 Å². The van der Waals surface area contributed by atoms with Gasteiger partial charge in [-0.15, -0.1) is 0 Å². The zero-order valence-corrected chi connectivity index (χ0v) is 11.1. The summed E-state index contributed by atoms with van der Waals surface area (Å²) in [5, 5.41) is 0. The Bertz CT molecular complexity index is 282. The molecule has 1 heterocycles. The van der Waals surface area contributed by atoms with Crippen LogP contribution in [0.1, 0.15) is 26.2 Å². The lowest BCUT2D eigenvalue weighted by molar-refractivity contribution is -0.141. The molecule has 0 aromatic rings. The molecule has 1 saturated heterocycles. The number of likely N-dealkylation sites (N-methyl/N-ethyl adjacent to an activating group) is 1. The zero-order valence-electron chi connectivity index (χ0n) is 11.1. The van der Waals surface area contributed by atoms with Gasteiger partial charge in [0.1, 0.15) is 0 Å². The SMILES string of the molecule is CC1CCCC1C(=O)N1CCN(C)CC1CN. The Morgan fingerprint density at radius 2 is 2.12 bits per heavy atom. The number of hydrogen-bond acceptors (Lipinski definition) is 3. The monoisotopic (exact) mass is 239 g/mol. The summed E-state index contributed by atoms with van der Waals surface area (Å²) in [6.45, 7) is 5.54. The lowest BCUT2D eigenvalue weighted by Gasteiger charge is -2.41. The van der Waals surface area contributed by atoms with Crippen LogP contribution in [0, 0.1) is 11.8 Å². The number of amides is 1. The zero-order chi connectivity index (χ0) is 12.4. The summed E-state index contributed by atoms with van der Waals surface area (Å²) < 4.78 is 0. The Kier molecular flexibility index (Phi) is 4.05. The van der Waals surface area contributed by atoms with Crippen molar-refractivity contribution in [3.8, 4) is 0 Å². The second kappa shape index (κ2) is 5.36. The van der Waals surface area contributed by atoms with Crippen LogP contribution < -0.4 is 5.73 Å². The van der Waals surface area contributed by atoms with Crippen LogP contribution in [0.5, 0.6) is 0 Å². The molecule has 3 unspecified atom stereocenters. The van der Waals surface area contributed by atoms with Crippen LogP contribution in [0.15, 0.2) is 0 Å². The van der Waals surface area contributed by atoms with E-state index in [1.165, 1.54) is 12.8 Å². The molecule has 0 spiro atoms. The van der Waals surface area contributed by atoms with Gasteiger partial charge in [0.2, 0.25) is 5.91 Å². The van der Waals surface area contributed by atoms with Crippen molar-refractivity contribution in [2.75, 3.05) is 33.2 Å². The highest BCUT2D eigenvalue weighted by Crippen LogP contribution is 2.33. The van der Waals surface area contributed by atoms with Gasteiger partial charge >= 0.3 is 0 Å². The third-order valence-corrected chi connectivity index (χ3v) is 4.42. The first-order chi connectivity index (χ1) is 8.13. The van der Waals surface area contributed by atoms with Crippen LogP contribution in [0.3, 0.4) is 0 Å². The summed E-state index contributed by atoms with van der Waals surface area (Å²) in [5.41, 5.74) is 5.81. The standard InChI is InChI=1S/C13H25N3O/c1-10-4-3-5-12(10)13(17)16-7-6-15(2)9-11(16)8-14/h10-12H,3-9,14H2,1-2H3. The Morgan fingerprint density at radius 3 is 2.71 bits per heavy atom. The second-order valence-corrected chi connectivity index (χ2v) is 5.70. The minimum absolute atomic E-state index is 0.217. The van der Waals surface area contributed by atoms with Gasteiger partial charge in [0, 0.05) is 32.1 Å². The molecule has 2 rings (SSSR count). The fourth-order valence-corrected chi connectivity index (χ4v) is 3.23. The normalized spacial score (nSPS) is 35.2. The van der Waals surface area contributed by atoms with Gasteiger partial charge in [-0.2, -0.15) is 0 Å². The Hall–Kier alpha value is -0.610. The third kappa shape index (κ3) is 2.63. The van der Waals surface area contributed by atoms with Gasteiger partial charge in [0.25, 0.3) is 0 Å². The topological polar surface area (TPSA) is 49.6 Å². The fourth-order valence-electron chi connectivity index (χ4n) is 3.23. The minimum Gasteiger partial charge on any atom is -0.336 e. The molecule has 2 aliphatic rings. The number of nitrogens with two attached hydrogens (primary N) is 1. The van der Waals surface area contributed by atoms with Crippen molar-refractivity contribution in [1.29, 1.82) is 0 Å². The molecule has 0 aromatic carbocycles. The fraction of sp³-hybridized carbons (Fsp3) is 0.923. The molecule has 0 aromatic heterocycles. The highest BCUT2D eigenvalue weighted by Gasteiger charge is 2.36. The number of hydrogen-bond donors (Lipinski definition) is 1. The lowest BCUT2D eigenvalue weighted by Crippen LogP contribution is -2.58. The van der Waals surface area contributed by atoms with E-state index in [0.717, 1.165) is 26.1 Å². The molecular formula is C13H25N3O. The van der Waals surface area contributed by atoms with Crippen molar-refractivity contribution in [3.63, 3.8) is 0 Å². The van der Waals surface area contributed by atoms with Crippen LogP contribution in [-0.2, 0) is 4.79 Å². The minimum atomic E-state index is 0.217. The molecule has 1 saturated carbocycles. The molecule has 3 atom stereocenters. The molecule has 4 nitrogen and oxygen atoms in total. The van der Waals surface area contributed by atoms with E-state index >= 15 is 0 Å². The van der Waals surface area contributed by atoms with E-state index in [4.69, 9.17) is 5.73 Å². The highest BCUT2D eigenvalue weighted by atomic mass is 16.2. The van der Waals surface area contributed by atoms with Crippen molar-refractivity contribution in [1.82, 2.24) is 9.80 Å². The van der Waals surface area contributed by atoms with Crippen molar-refractivity contribution < 1.29 is 4.79 Å². The van der Waals surface area contributed by atoms with Crippen LogP contribution in [0.2, 0.25) is 0 Å². The molecule has 98 valence electrons. The van der Waals surface area contributed by atoms with E-state index in [1.54, 1.807) is 0 Å². The lowest BCUT2D eigenvalue weighted by atomic mass is 9.95. The van der Waals surface area contributed by atoms with Crippen LogP contribution in [0.25, 0.3) is 0 Å². The van der Waals surface area contributed by atoms with Gasteiger partial charge in [0.05, 0.1) is 6.04 Å². The van der Waals surface area contributed by atoms with Crippen molar-refractivity contribution >= 4 is 5.91 Å². The van der Waals surface area contributed by atoms with Crippen molar-refractivity contribution in [2.24, 2.45) is 17.6 Å². The summed E-state index contributed by atoms with van der Waals surface area (Å²) in [6.07, 6.45) is 3.49. The number of nitrogens with zero attached hydrogens (tertiary/aromatic N) is 2. The average molecular weight is 239 g/mol. The number of carbonyl (C=O) groups excluding carboxylic acids is 1. The largest absolute Gasteiger partial charge is 0.336 e. The van der Waals surface area contributed by atoms with Gasteiger partial charge in [0.15, 0.2) is 0 Å². The molecule has 4 heteroatoms. The van der Waals surface area contributed by atoms with Gasteiger partial charge < -0.3 is 15.5 Å². The predicted molar refractivity (Wildman–Crippen MR) is 68.6 cm³/mol. The maximum absolute atomic E-state index is 12.5. The van der Waals surface area contributed by atoms with E-state index in [-0.39, 0.29) is 12.0 Å². The third-order valence-electron chi connectivity index (χ3n) is 4.42. The number of rotatable bonds is 2. The maximum atomic E-state index is 12.5. The molecule has 2 fully saturated rings. The number of piperazine rings is 1. The van der Waals surface area contributed by atoms with Crippen molar-refractivity contribution in [3.05, 3.63) is 0 Å². The van der Waals surface area contributed by atoms with Crippen molar-refractivity contribution in [2.45, 2.75) is 32.2 Å². The Morgan fingerprint density at radius 1 is 1.35 bits per heavy atom. The Balaban J connectivity index is 2.02. The molecule has 2 N–H and O–H groups in total. The second-order valence-electron chi connectivity index (χ2n) is 5.70. The molecule has 17 heavy (non-hydrogen) atoms. The highest BCUT2D eigenvalue weighted by molar-refractivity contribution is 5.80. The smallest absolute Gasteiger partial charge is 0.226 e. The summed E-state index contributed by atoms with van der Waals surface area (Å²) in [6, 6.07) is 0.217. The molecule has 1 aliphatic heterocycles. The van der Waals surface area contributed by atoms with Gasteiger partial charge in [-0.05, 0) is 25.8 Å². The summed E-state index contributed by atoms with van der Waals surface area (Å²) >= 11 is 0. The van der Waals surface area contributed by atoms with Crippen LogP contribution in [-0.4, -0.2) is 55.0 Å². The molecule has 0 bridgehead atoms. The first kappa shape index (κ1) is 12.8. The predicted octanol–water partition coefficient (Wildman–Crippen LogP) is 0.524. The first-order valence-corrected chi connectivity index (χ1v) is 6.82.